The Labute approximate surface area is 139 Å². The lowest BCUT2D eigenvalue weighted by Gasteiger charge is -2.23. The van der Waals surface area contributed by atoms with Crippen LogP contribution in [0.4, 0.5) is 5.69 Å². The molecule has 0 aliphatic carbocycles. The van der Waals surface area contributed by atoms with E-state index in [-0.39, 0.29) is 12.3 Å². The first kappa shape index (κ1) is 17.4. The number of aliphatic hydroxyl groups excluding tert-OH is 1. The van der Waals surface area contributed by atoms with Crippen LogP contribution in [-0.2, 0) is 6.54 Å². The molecule has 0 aliphatic heterocycles. The molecule has 0 amide bonds. The molecule has 0 bridgehead atoms. The SMILES string of the molecule is CCN(Cc1cccs1)CC(O)COc1cccc([N+](=O)[O-])c1. The second-order valence-electron chi connectivity index (χ2n) is 5.13. The molecule has 1 unspecified atom stereocenters. The molecule has 1 N–H and O–H groups in total. The number of nitrogens with zero attached hydrogens (tertiary/aromatic N) is 2. The Bertz CT molecular complexity index is 618. The lowest BCUT2D eigenvalue weighted by Crippen LogP contribution is -2.35. The number of nitro benzene ring substituents is 1. The van der Waals surface area contributed by atoms with Gasteiger partial charge in [0.25, 0.3) is 5.69 Å². The molecule has 1 atom stereocenters. The van der Waals surface area contributed by atoms with E-state index in [0.29, 0.717) is 12.3 Å². The molecule has 6 nitrogen and oxygen atoms in total. The molecule has 1 aromatic carbocycles. The van der Waals surface area contributed by atoms with Gasteiger partial charge in [0.15, 0.2) is 0 Å². The highest BCUT2D eigenvalue weighted by molar-refractivity contribution is 7.09. The van der Waals surface area contributed by atoms with Gasteiger partial charge < -0.3 is 9.84 Å². The zero-order valence-corrected chi connectivity index (χ0v) is 13.7. The van der Waals surface area contributed by atoms with Crippen LogP contribution in [0.1, 0.15) is 11.8 Å². The summed E-state index contributed by atoms with van der Waals surface area (Å²) in [7, 11) is 0. The van der Waals surface area contributed by atoms with Gasteiger partial charge >= 0.3 is 0 Å². The molecule has 0 radical (unpaired) electrons. The second-order valence-corrected chi connectivity index (χ2v) is 6.16. The lowest BCUT2D eigenvalue weighted by atomic mass is 10.3. The van der Waals surface area contributed by atoms with Crippen molar-refractivity contribution in [2.24, 2.45) is 0 Å². The van der Waals surface area contributed by atoms with Gasteiger partial charge in [0.05, 0.1) is 11.0 Å². The number of ether oxygens (including phenoxy) is 1. The summed E-state index contributed by atoms with van der Waals surface area (Å²) in [6.07, 6.45) is -0.658. The predicted molar refractivity (Wildman–Crippen MR) is 89.9 cm³/mol. The highest BCUT2D eigenvalue weighted by atomic mass is 32.1. The van der Waals surface area contributed by atoms with Crippen molar-refractivity contribution in [1.29, 1.82) is 0 Å². The predicted octanol–water partition coefficient (Wildman–Crippen LogP) is 2.92. The van der Waals surface area contributed by atoms with Crippen LogP contribution in [0.3, 0.4) is 0 Å². The molecular weight excluding hydrogens is 316 g/mol. The molecule has 1 aromatic heterocycles. The van der Waals surface area contributed by atoms with Gasteiger partial charge in [-0.2, -0.15) is 0 Å². The topological polar surface area (TPSA) is 75.8 Å². The van der Waals surface area contributed by atoms with Crippen LogP contribution in [0.15, 0.2) is 41.8 Å². The highest BCUT2D eigenvalue weighted by Gasteiger charge is 2.13. The van der Waals surface area contributed by atoms with Gasteiger partial charge in [0, 0.05) is 24.0 Å². The Balaban J connectivity index is 1.82. The monoisotopic (exact) mass is 336 g/mol. The third-order valence-corrected chi connectivity index (χ3v) is 4.21. The van der Waals surface area contributed by atoms with Crippen molar-refractivity contribution in [2.45, 2.75) is 19.6 Å². The first-order valence-corrected chi connectivity index (χ1v) is 8.26. The largest absolute Gasteiger partial charge is 0.491 e. The van der Waals surface area contributed by atoms with Crippen molar-refractivity contribution in [2.75, 3.05) is 19.7 Å². The summed E-state index contributed by atoms with van der Waals surface area (Å²) in [6.45, 7) is 4.25. The van der Waals surface area contributed by atoms with Crippen LogP contribution in [0, 0.1) is 10.1 Å². The van der Waals surface area contributed by atoms with E-state index in [1.807, 2.05) is 18.4 Å². The van der Waals surface area contributed by atoms with E-state index in [2.05, 4.69) is 11.0 Å². The van der Waals surface area contributed by atoms with Crippen molar-refractivity contribution >= 4 is 17.0 Å². The average Bonchev–Trinajstić information content (AvgIpc) is 3.05. The summed E-state index contributed by atoms with van der Waals surface area (Å²) >= 11 is 1.69. The fraction of sp³-hybridized carbons (Fsp3) is 0.375. The normalized spacial score (nSPS) is 12.3. The molecule has 7 heteroatoms. The van der Waals surface area contributed by atoms with Gasteiger partial charge in [-0.1, -0.05) is 19.1 Å². The number of thiophene rings is 1. The molecule has 0 saturated carbocycles. The van der Waals surface area contributed by atoms with Crippen molar-refractivity contribution in [3.05, 3.63) is 56.8 Å². The minimum Gasteiger partial charge on any atom is -0.491 e. The highest BCUT2D eigenvalue weighted by Crippen LogP contribution is 2.19. The van der Waals surface area contributed by atoms with Crippen LogP contribution < -0.4 is 4.74 Å². The zero-order chi connectivity index (χ0) is 16.7. The van der Waals surface area contributed by atoms with E-state index in [1.165, 1.54) is 17.0 Å². The van der Waals surface area contributed by atoms with E-state index in [4.69, 9.17) is 4.74 Å². The first-order chi connectivity index (χ1) is 11.1. The van der Waals surface area contributed by atoms with Crippen LogP contribution in [-0.4, -0.2) is 40.7 Å². The van der Waals surface area contributed by atoms with Crippen molar-refractivity contribution in [3.63, 3.8) is 0 Å². The molecule has 0 saturated heterocycles. The summed E-state index contributed by atoms with van der Waals surface area (Å²) in [6, 6.07) is 10.0. The molecular formula is C16H20N2O4S. The Hall–Kier alpha value is -1.96. The smallest absolute Gasteiger partial charge is 0.273 e. The van der Waals surface area contributed by atoms with E-state index in [1.54, 1.807) is 23.5 Å². The molecule has 2 rings (SSSR count). The molecule has 124 valence electrons. The maximum atomic E-state index is 10.7. The fourth-order valence-corrected chi connectivity index (χ4v) is 2.90. The van der Waals surface area contributed by atoms with Gasteiger partial charge in [0.2, 0.25) is 0 Å². The second kappa shape index (κ2) is 8.61. The molecule has 0 aliphatic rings. The Morgan fingerprint density at radius 2 is 2.22 bits per heavy atom. The van der Waals surface area contributed by atoms with Crippen LogP contribution in [0.25, 0.3) is 0 Å². The number of benzene rings is 1. The maximum absolute atomic E-state index is 10.7. The number of hydrogen-bond acceptors (Lipinski definition) is 6. The summed E-state index contributed by atoms with van der Waals surface area (Å²) in [5.74, 6) is 0.388. The van der Waals surface area contributed by atoms with E-state index >= 15 is 0 Å². The Morgan fingerprint density at radius 1 is 1.39 bits per heavy atom. The van der Waals surface area contributed by atoms with Crippen LogP contribution in [0.5, 0.6) is 5.75 Å². The summed E-state index contributed by atoms with van der Waals surface area (Å²) < 4.78 is 5.46. The van der Waals surface area contributed by atoms with E-state index in [9.17, 15) is 15.2 Å². The maximum Gasteiger partial charge on any atom is 0.273 e. The lowest BCUT2D eigenvalue weighted by molar-refractivity contribution is -0.384. The number of rotatable bonds is 9. The van der Waals surface area contributed by atoms with E-state index in [0.717, 1.165) is 13.1 Å². The first-order valence-electron chi connectivity index (χ1n) is 7.38. The minimum absolute atomic E-state index is 0.0233. The fourth-order valence-electron chi connectivity index (χ4n) is 2.16. The number of hydrogen-bond donors (Lipinski definition) is 1. The van der Waals surface area contributed by atoms with Gasteiger partial charge in [-0.15, -0.1) is 11.3 Å². The summed E-state index contributed by atoms with van der Waals surface area (Å²) in [5.41, 5.74) is -0.0233. The van der Waals surface area contributed by atoms with Gasteiger partial charge in [-0.3, -0.25) is 15.0 Å². The molecule has 2 aromatic rings. The average molecular weight is 336 g/mol. The summed E-state index contributed by atoms with van der Waals surface area (Å²) in [5, 5.41) is 22.9. The Kier molecular flexibility index (Phi) is 6.52. The number of non-ortho nitro benzene ring substituents is 1. The van der Waals surface area contributed by atoms with Crippen LogP contribution in [0.2, 0.25) is 0 Å². The molecule has 1 heterocycles. The summed E-state index contributed by atoms with van der Waals surface area (Å²) in [4.78, 5) is 13.6. The number of likely N-dealkylation sites (N-methyl/N-ethyl adjacent to an activating group) is 1. The van der Waals surface area contributed by atoms with Crippen molar-refractivity contribution in [1.82, 2.24) is 4.90 Å². The third kappa shape index (κ3) is 5.63. The zero-order valence-electron chi connectivity index (χ0n) is 12.9. The van der Waals surface area contributed by atoms with Gasteiger partial charge in [0.1, 0.15) is 18.5 Å². The van der Waals surface area contributed by atoms with Gasteiger partial charge in [-0.25, -0.2) is 0 Å². The number of aliphatic hydroxyl groups is 1. The van der Waals surface area contributed by atoms with E-state index < -0.39 is 11.0 Å². The number of nitro groups is 1. The molecule has 0 spiro atoms. The van der Waals surface area contributed by atoms with Crippen molar-refractivity contribution < 1.29 is 14.8 Å². The third-order valence-electron chi connectivity index (χ3n) is 3.35. The van der Waals surface area contributed by atoms with Crippen LogP contribution >= 0.6 is 11.3 Å². The standard InChI is InChI=1S/C16H20N2O4S/c1-2-17(11-16-7-4-8-23-16)10-14(19)12-22-15-6-3-5-13(9-15)18(20)21/h3-9,14,19H,2,10-12H2,1H3. The molecule has 0 fully saturated rings. The van der Waals surface area contributed by atoms with Gasteiger partial charge in [-0.05, 0) is 24.1 Å². The minimum atomic E-state index is -0.658. The molecule has 23 heavy (non-hydrogen) atoms. The quantitative estimate of drug-likeness (QED) is 0.563. The Morgan fingerprint density at radius 3 is 2.87 bits per heavy atom. The van der Waals surface area contributed by atoms with Crippen molar-refractivity contribution in [3.8, 4) is 5.75 Å².